The average Bonchev–Trinajstić information content (AvgIpc) is 3.42. The zero-order chi connectivity index (χ0) is 19.8. The van der Waals surface area contributed by atoms with Crippen LogP contribution < -0.4 is 0 Å². The van der Waals surface area contributed by atoms with Crippen LogP contribution in [0.15, 0.2) is 18.2 Å². The molecule has 0 aromatic heterocycles. The molecule has 1 heterocycles. The summed E-state index contributed by atoms with van der Waals surface area (Å²) in [5.74, 6) is -1.61. The molecule has 2 fully saturated rings. The van der Waals surface area contributed by atoms with Crippen LogP contribution in [0.1, 0.15) is 72.1 Å². The molecule has 8 nitrogen and oxygen atoms in total. The molecular formula is C20H23N3O5. The van der Waals surface area contributed by atoms with Gasteiger partial charge in [-0.15, -0.1) is 0 Å². The van der Waals surface area contributed by atoms with Crippen LogP contribution in [0.3, 0.4) is 0 Å². The van der Waals surface area contributed by atoms with Crippen LogP contribution in [0.4, 0.5) is 5.69 Å². The highest BCUT2D eigenvalue weighted by atomic mass is 16.6. The van der Waals surface area contributed by atoms with Gasteiger partial charge in [0.1, 0.15) is 12.1 Å². The van der Waals surface area contributed by atoms with E-state index in [2.05, 4.69) is 0 Å². The van der Waals surface area contributed by atoms with Gasteiger partial charge in [-0.25, -0.2) is 0 Å². The molecule has 0 spiro atoms. The van der Waals surface area contributed by atoms with Gasteiger partial charge in [-0.3, -0.25) is 29.4 Å². The van der Waals surface area contributed by atoms with Gasteiger partial charge in [0.25, 0.3) is 17.5 Å². The third kappa shape index (κ3) is 3.06. The summed E-state index contributed by atoms with van der Waals surface area (Å²) in [7, 11) is 0. The lowest BCUT2D eigenvalue weighted by Gasteiger charge is -2.35. The predicted molar refractivity (Wildman–Crippen MR) is 99.8 cm³/mol. The molecule has 2 aliphatic carbocycles. The fourth-order valence-corrected chi connectivity index (χ4v) is 4.90. The maximum Gasteiger partial charge on any atom is 0.282 e. The van der Waals surface area contributed by atoms with Gasteiger partial charge in [-0.05, 0) is 31.7 Å². The number of benzene rings is 1. The molecule has 1 aliphatic heterocycles. The molecule has 2 saturated carbocycles. The zero-order valence-electron chi connectivity index (χ0n) is 15.6. The van der Waals surface area contributed by atoms with Crippen molar-refractivity contribution < 1.29 is 19.3 Å². The lowest BCUT2D eigenvalue weighted by atomic mass is 10.1. The minimum Gasteiger partial charge on any atom is -0.335 e. The number of fused-ring (bicyclic) bond motifs is 1. The molecule has 3 amide bonds. The van der Waals surface area contributed by atoms with Crippen LogP contribution in [-0.2, 0) is 4.79 Å². The highest BCUT2D eigenvalue weighted by Crippen LogP contribution is 2.34. The summed E-state index contributed by atoms with van der Waals surface area (Å²) < 4.78 is 0. The van der Waals surface area contributed by atoms with E-state index in [0.717, 1.165) is 56.3 Å². The third-order valence-corrected chi connectivity index (χ3v) is 6.19. The average molecular weight is 385 g/mol. The largest absolute Gasteiger partial charge is 0.335 e. The summed E-state index contributed by atoms with van der Waals surface area (Å²) in [6, 6.07) is 4.33. The number of imide groups is 1. The summed E-state index contributed by atoms with van der Waals surface area (Å²) in [5.41, 5.74) is -0.604. The SMILES string of the molecule is O=C1c2cccc([N+](=O)[O-])c2C(=O)N1CC(=O)N(C1CCCC1)C1CCCC1. The highest BCUT2D eigenvalue weighted by molar-refractivity contribution is 6.24. The minimum absolute atomic E-state index is 0.000262. The van der Waals surface area contributed by atoms with Crippen molar-refractivity contribution in [3.05, 3.63) is 39.4 Å². The Morgan fingerprint density at radius 3 is 2.14 bits per heavy atom. The Kier molecular flexibility index (Phi) is 4.87. The molecule has 28 heavy (non-hydrogen) atoms. The van der Waals surface area contributed by atoms with Crippen LogP contribution in [-0.4, -0.2) is 51.1 Å². The number of hydrogen-bond acceptors (Lipinski definition) is 5. The van der Waals surface area contributed by atoms with Gasteiger partial charge < -0.3 is 4.90 Å². The first kappa shape index (κ1) is 18.6. The molecule has 148 valence electrons. The fourth-order valence-electron chi connectivity index (χ4n) is 4.90. The highest BCUT2D eigenvalue weighted by Gasteiger charge is 2.43. The second-order valence-corrected chi connectivity index (χ2v) is 7.83. The molecule has 8 heteroatoms. The van der Waals surface area contributed by atoms with Gasteiger partial charge in [0.2, 0.25) is 5.91 Å². The molecule has 0 unspecified atom stereocenters. The molecule has 0 radical (unpaired) electrons. The standard InChI is InChI=1S/C20H23N3O5/c24-17(22(13-6-1-2-7-13)14-8-3-4-9-14)12-21-19(25)15-10-5-11-16(23(27)28)18(15)20(21)26/h5,10-11,13-14H,1-4,6-9,12H2. The van der Waals surface area contributed by atoms with Crippen molar-refractivity contribution in [2.45, 2.75) is 63.5 Å². The van der Waals surface area contributed by atoms with Crippen LogP contribution in [0.25, 0.3) is 0 Å². The van der Waals surface area contributed by atoms with Gasteiger partial charge in [0, 0.05) is 18.2 Å². The summed E-state index contributed by atoms with van der Waals surface area (Å²) in [4.78, 5) is 52.0. The van der Waals surface area contributed by atoms with Crippen molar-refractivity contribution in [1.82, 2.24) is 9.80 Å². The topological polar surface area (TPSA) is 101 Å². The first-order valence-electron chi connectivity index (χ1n) is 9.94. The lowest BCUT2D eigenvalue weighted by molar-refractivity contribution is -0.385. The summed E-state index contributed by atoms with van der Waals surface area (Å²) in [6.45, 7) is -0.351. The molecule has 0 bridgehead atoms. The van der Waals surface area contributed by atoms with Gasteiger partial charge in [-0.2, -0.15) is 0 Å². The number of carbonyl (C=O) groups is 3. The van der Waals surface area contributed by atoms with E-state index in [0.29, 0.717) is 0 Å². The molecule has 1 aromatic carbocycles. The maximum absolute atomic E-state index is 13.2. The number of nitro benzene ring substituents is 1. The molecule has 0 atom stereocenters. The summed E-state index contributed by atoms with van der Waals surface area (Å²) in [5, 5.41) is 11.2. The van der Waals surface area contributed by atoms with Crippen molar-refractivity contribution in [2.75, 3.05) is 6.54 Å². The van der Waals surface area contributed by atoms with Crippen molar-refractivity contribution in [3.8, 4) is 0 Å². The Labute approximate surface area is 162 Å². The Morgan fingerprint density at radius 1 is 1.04 bits per heavy atom. The summed E-state index contributed by atoms with van der Waals surface area (Å²) in [6.07, 6.45) is 8.15. The van der Waals surface area contributed by atoms with E-state index in [1.165, 1.54) is 18.2 Å². The lowest BCUT2D eigenvalue weighted by Crippen LogP contribution is -2.50. The van der Waals surface area contributed by atoms with E-state index in [1.54, 1.807) is 0 Å². The number of nitro groups is 1. The van der Waals surface area contributed by atoms with E-state index in [9.17, 15) is 24.5 Å². The number of amides is 3. The predicted octanol–water partition coefficient (Wildman–Crippen LogP) is 2.90. The van der Waals surface area contributed by atoms with E-state index >= 15 is 0 Å². The molecule has 1 aromatic rings. The van der Waals surface area contributed by atoms with Crippen molar-refractivity contribution in [3.63, 3.8) is 0 Å². The quantitative estimate of drug-likeness (QED) is 0.441. The van der Waals surface area contributed by atoms with Gasteiger partial charge in [0.15, 0.2) is 0 Å². The van der Waals surface area contributed by atoms with Crippen molar-refractivity contribution in [1.29, 1.82) is 0 Å². The van der Waals surface area contributed by atoms with Crippen molar-refractivity contribution in [2.24, 2.45) is 0 Å². The smallest absolute Gasteiger partial charge is 0.282 e. The normalized spacial score (nSPS) is 20.1. The zero-order valence-corrected chi connectivity index (χ0v) is 15.6. The Bertz CT molecular complexity index is 824. The first-order valence-corrected chi connectivity index (χ1v) is 9.94. The van der Waals surface area contributed by atoms with E-state index < -0.39 is 22.4 Å². The van der Waals surface area contributed by atoms with Crippen LogP contribution >= 0.6 is 0 Å². The molecule has 0 saturated heterocycles. The molecule has 4 rings (SSSR count). The number of hydrogen-bond donors (Lipinski definition) is 0. The Balaban J connectivity index is 1.58. The van der Waals surface area contributed by atoms with E-state index in [4.69, 9.17) is 0 Å². The maximum atomic E-state index is 13.2. The number of rotatable bonds is 5. The van der Waals surface area contributed by atoms with E-state index in [-0.39, 0.29) is 35.7 Å². The molecule has 3 aliphatic rings. The molecular weight excluding hydrogens is 362 g/mol. The van der Waals surface area contributed by atoms with Crippen LogP contribution in [0.5, 0.6) is 0 Å². The Hall–Kier alpha value is -2.77. The molecule has 0 N–H and O–H groups in total. The van der Waals surface area contributed by atoms with Gasteiger partial charge >= 0.3 is 0 Å². The second-order valence-electron chi connectivity index (χ2n) is 7.83. The second kappa shape index (κ2) is 7.33. The summed E-state index contributed by atoms with van der Waals surface area (Å²) >= 11 is 0. The number of carbonyl (C=O) groups excluding carboxylic acids is 3. The van der Waals surface area contributed by atoms with Gasteiger partial charge in [-0.1, -0.05) is 31.7 Å². The van der Waals surface area contributed by atoms with Crippen LogP contribution in [0.2, 0.25) is 0 Å². The minimum atomic E-state index is -0.751. The monoisotopic (exact) mass is 385 g/mol. The van der Waals surface area contributed by atoms with Gasteiger partial charge in [0.05, 0.1) is 10.5 Å². The van der Waals surface area contributed by atoms with Crippen LogP contribution in [0, 0.1) is 10.1 Å². The van der Waals surface area contributed by atoms with Crippen molar-refractivity contribution >= 4 is 23.4 Å². The third-order valence-electron chi connectivity index (χ3n) is 6.19. The fraction of sp³-hybridized carbons (Fsp3) is 0.550. The number of nitrogens with zero attached hydrogens (tertiary/aromatic N) is 3. The van der Waals surface area contributed by atoms with E-state index in [1.807, 2.05) is 4.90 Å². The first-order chi connectivity index (χ1) is 13.5. The Morgan fingerprint density at radius 2 is 1.61 bits per heavy atom.